The second-order valence-electron chi connectivity index (χ2n) is 7.51. The molecule has 0 bridgehead atoms. The van der Waals surface area contributed by atoms with E-state index in [9.17, 15) is 17.6 Å². The molecule has 0 heterocycles. The van der Waals surface area contributed by atoms with E-state index >= 15 is 0 Å². The average Bonchev–Trinajstić information content (AvgIpc) is 3.04. The van der Waals surface area contributed by atoms with Crippen LogP contribution in [0.1, 0.15) is 49.9 Å². The van der Waals surface area contributed by atoms with Gasteiger partial charge in [-0.2, -0.15) is 0 Å². The van der Waals surface area contributed by atoms with Crippen molar-refractivity contribution in [3.8, 4) is 11.5 Å². The molecule has 9 heteroatoms. The fourth-order valence-electron chi connectivity index (χ4n) is 3.29. The summed E-state index contributed by atoms with van der Waals surface area (Å²) in [4.78, 5) is 0. The van der Waals surface area contributed by atoms with Crippen LogP contribution in [0.4, 0.5) is 17.6 Å². The van der Waals surface area contributed by atoms with Crippen LogP contribution in [-0.2, 0) is 13.5 Å². The zero-order valence-electron chi connectivity index (χ0n) is 17.3. The van der Waals surface area contributed by atoms with Crippen LogP contribution >= 0.6 is 19.4 Å². The van der Waals surface area contributed by atoms with Crippen molar-refractivity contribution in [1.82, 2.24) is 0 Å². The third kappa shape index (κ3) is 4.55. The van der Waals surface area contributed by atoms with Gasteiger partial charge in [0.25, 0.3) is 0 Å². The molecule has 0 aromatic heterocycles. The van der Waals surface area contributed by atoms with Gasteiger partial charge in [0.2, 0.25) is 0 Å². The van der Waals surface area contributed by atoms with Crippen molar-refractivity contribution >= 4 is 29.1 Å². The summed E-state index contributed by atoms with van der Waals surface area (Å²) in [6.07, 6.45) is 0.942. The Morgan fingerprint density at radius 1 is 0.806 bits per heavy atom. The second kappa shape index (κ2) is 9.21. The minimum atomic E-state index is -2.62. The number of hydrogen-bond donors (Lipinski definition) is 0. The van der Waals surface area contributed by atoms with E-state index in [1.54, 1.807) is 12.1 Å². The quantitative estimate of drug-likeness (QED) is 0.221. The molecule has 0 saturated heterocycles. The van der Waals surface area contributed by atoms with E-state index in [2.05, 4.69) is 0 Å². The first-order valence-corrected chi connectivity index (χ1v) is 14.7. The van der Waals surface area contributed by atoms with E-state index in [1.165, 1.54) is 6.08 Å². The van der Waals surface area contributed by atoms with Gasteiger partial charge in [0.05, 0.1) is 0 Å². The van der Waals surface area contributed by atoms with Crippen LogP contribution in [0.15, 0.2) is 18.2 Å². The molecule has 0 aliphatic heterocycles. The van der Waals surface area contributed by atoms with Crippen LogP contribution in [0.25, 0.3) is 5.57 Å². The Balaban J connectivity index is 2.39. The summed E-state index contributed by atoms with van der Waals surface area (Å²) >= 11 is -2.62. The molecule has 3 rings (SSSR count). The summed E-state index contributed by atoms with van der Waals surface area (Å²) in [7, 11) is 12.5. The summed E-state index contributed by atoms with van der Waals surface area (Å²) in [5.74, 6) is -5.15. The van der Waals surface area contributed by atoms with Crippen molar-refractivity contribution in [2.24, 2.45) is 0 Å². The summed E-state index contributed by atoms with van der Waals surface area (Å²) in [6.45, 7) is 8.22. The van der Waals surface area contributed by atoms with Crippen molar-refractivity contribution in [2.75, 3.05) is 0 Å². The van der Waals surface area contributed by atoms with Crippen molar-refractivity contribution in [1.29, 1.82) is 0 Å². The average molecular weight is 564 g/mol. The van der Waals surface area contributed by atoms with Gasteiger partial charge in [-0.05, 0) is 0 Å². The van der Waals surface area contributed by atoms with Gasteiger partial charge in [-0.3, -0.25) is 0 Å². The standard InChI is InChI=1S/C22H20F4O2.2ClH.Ru/c1-10(2)27-13-8-16-14(17(9-13)28-11(3)4)6-7-15(16)18-21(25)19(23)12(5)20(24)22(18)26;;;/h7-11H,1-5H3;2*1H;/q;;;+2/p-2. The molecule has 170 valence electrons. The molecule has 0 N–H and O–H groups in total. The first kappa shape index (κ1) is 24.2. The number of ether oxygens (including phenoxy) is 2. The third-order valence-electron chi connectivity index (χ3n) is 4.50. The van der Waals surface area contributed by atoms with Crippen LogP contribution in [-0.4, -0.2) is 16.3 Å². The SMILES string of the molecule is Cc1c(F)c(F)c(C2=C[C](=[Ru]([Cl])[Cl])c3c(OC(C)C)cc(OC(C)C)cc32)c(F)c1F. The molecule has 1 aliphatic rings. The summed E-state index contributed by atoms with van der Waals surface area (Å²) in [5.41, 5.74) is -0.892. The Morgan fingerprint density at radius 3 is 1.84 bits per heavy atom. The van der Waals surface area contributed by atoms with Crippen LogP contribution in [0.3, 0.4) is 0 Å². The van der Waals surface area contributed by atoms with Crippen molar-refractivity contribution in [2.45, 2.75) is 46.8 Å². The minimum absolute atomic E-state index is 0.0689. The van der Waals surface area contributed by atoms with Crippen LogP contribution in [0.2, 0.25) is 0 Å². The number of allylic oxidation sites excluding steroid dienone is 1. The molecule has 0 amide bonds. The predicted molar refractivity (Wildman–Crippen MR) is 112 cm³/mol. The maximum atomic E-state index is 14.9. The Hall–Kier alpha value is -1.43. The Kier molecular flexibility index (Phi) is 7.19. The molecule has 2 nitrogen and oxygen atoms in total. The number of halogens is 6. The van der Waals surface area contributed by atoms with E-state index in [0.717, 1.165) is 6.92 Å². The van der Waals surface area contributed by atoms with E-state index in [-0.39, 0.29) is 23.3 Å². The monoisotopic (exact) mass is 564 g/mol. The zero-order valence-corrected chi connectivity index (χ0v) is 20.6. The number of rotatable bonds is 5. The fraction of sp³-hybridized carbons (Fsp3) is 0.318. The normalized spacial score (nSPS) is 13.6. The van der Waals surface area contributed by atoms with E-state index in [4.69, 9.17) is 28.9 Å². The molecule has 0 unspecified atom stereocenters. The molecule has 31 heavy (non-hydrogen) atoms. The Labute approximate surface area is 191 Å². The summed E-state index contributed by atoms with van der Waals surface area (Å²) < 4.78 is 70.4. The molecule has 0 spiro atoms. The zero-order chi connectivity index (χ0) is 23.2. The van der Waals surface area contributed by atoms with Gasteiger partial charge < -0.3 is 0 Å². The number of hydrogen-bond acceptors (Lipinski definition) is 2. The first-order valence-electron chi connectivity index (χ1n) is 9.37. The van der Waals surface area contributed by atoms with Gasteiger partial charge in [0, 0.05) is 0 Å². The molecule has 0 radical (unpaired) electrons. The predicted octanol–water partition coefficient (Wildman–Crippen LogP) is 7.02. The number of fused-ring (bicyclic) bond motifs is 1. The van der Waals surface area contributed by atoms with Crippen molar-refractivity contribution in [3.05, 3.63) is 63.7 Å². The molecule has 2 aromatic carbocycles. The van der Waals surface area contributed by atoms with Crippen LogP contribution in [0, 0.1) is 30.2 Å². The van der Waals surface area contributed by atoms with Crippen molar-refractivity contribution < 1.29 is 40.6 Å². The number of benzene rings is 2. The van der Waals surface area contributed by atoms with Crippen LogP contribution in [0.5, 0.6) is 11.5 Å². The van der Waals surface area contributed by atoms with Gasteiger partial charge in [-0.15, -0.1) is 0 Å². The molecule has 1 aliphatic carbocycles. The maximum absolute atomic E-state index is 14.9. The fourth-order valence-corrected chi connectivity index (χ4v) is 5.76. The van der Waals surface area contributed by atoms with Crippen molar-refractivity contribution in [3.63, 3.8) is 0 Å². The van der Waals surface area contributed by atoms with Gasteiger partial charge in [0.15, 0.2) is 0 Å². The Bertz CT molecular complexity index is 1090. The third-order valence-corrected chi connectivity index (χ3v) is 7.59. The van der Waals surface area contributed by atoms with E-state index in [0.29, 0.717) is 21.2 Å². The van der Waals surface area contributed by atoms with E-state index < -0.39 is 47.9 Å². The Morgan fingerprint density at radius 2 is 1.35 bits per heavy atom. The van der Waals surface area contributed by atoms with Gasteiger partial charge in [-0.1, -0.05) is 0 Å². The van der Waals surface area contributed by atoms with Gasteiger partial charge >= 0.3 is 192 Å². The molecule has 0 atom stereocenters. The summed E-state index contributed by atoms with van der Waals surface area (Å²) in [6, 6.07) is 3.19. The second-order valence-corrected chi connectivity index (χ2v) is 13.3. The molecular formula is C22H20Cl2F4O2Ru. The molecule has 0 fully saturated rings. The molecule has 2 aromatic rings. The van der Waals surface area contributed by atoms with Gasteiger partial charge in [0.1, 0.15) is 0 Å². The van der Waals surface area contributed by atoms with Crippen LogP contribution < -0.4 is 9.47 Å². The topological polar surface area (TPSA) is 18.5 Å². The first-order chi connectivity index (χ1) is 14.4. The summed E-state index contributed by atoms with van der Waals surface area (Å²) in [5, 5.41) is 0. The van der Waals surface area contributed by atoms with E-state index in [1.807, 2.05) is 27.7 Å². The molecule has 0 saturated carbocycles. The molecular weight excluding hydrogens is 544 g/mol. The van der Waals surface area contributed by atoms with Gasteiger partial charge in [-0.25, -0.2) is 0 Å².